The Kier molecular flexibility index (Phi) is 13.1. The molecule has 0 spiro atoms. The van der Waals surface area contributed by atoms with Crippen molar-refractivity contribution >= 4 is 6.47 Å². The zero-order valence-electron chi connectivity index (χ0n) is 11.7. The van der Waals surface area contributed by atoms with Gasteiger partial charge in [0, 0.05) is 0 Å². The van der Waals surface area contributed by atoms with Gasteiger partial charge in [-0.15, -0.1) is 0 Å². The number of hydrogen-bond donors (Lipinski definition) is 0. The van der Waals surface area contributed by atoms with E-state index in [1.54, 1.807) is 0 Å². The number of rotatable bonds is 13. The van der Waals surface area contributed by atoms with Crippen molar-refractivity contribution in [3.05, 3.63) is 0 Å². The van der Waals surface area contributed by atoms with E-state index in [-0.39, 0.29) is 6.10 Å². The Morgan fingerprint density at radius 1 is 0.824 bits per heavy atom. The van der Waals surface area contributed by atoms with E-state index in [0.29, 0.717) is 6.47 Å². The largest absolute Gasteiger partial charge is 0.465 e. The molecule has 0 aliphatic heterocycles. The Morgan fingerprint density at radius 2 is 1.35 bits per heavy atom. The molecule has 0 N–H and O–H groups in total. The van der Waals surface area contributed by atoms with E-state index in [9.17, 15) is 4.79 Å². The first kappa shape index (κ1) is 16.5. The Morgan fingerprint density at radius 3 is 1.94 bits per heavy atom. The van der Waals surface area contributed by atoms with E-state index in [4.69, 9.17) is 4.74 Å². The number of carbonyl (C=O) groups is 1. The van der Waals surface area contributed by atoms with E-state index < -0.39 is 0 Å². The predicted molar refractivity (Wildman–Crippen MR) is 73.1 cm³/mol. The fourth-order valence-corrected chi connectivity index (χ4v) is 2.12. The standard InChI is InChI=1S/C15H30O2/c1-3-5-7-8-9-10-11-13-15(17-14-16)12-6-4-2/h14-15H,3-13H2,1-2H3. The SMILES string of the molecule is CCCCCCCCCC(CCCC)OC=O. The van der Waals surface area contributed by atoms with Crippen molar-refractivity contribution in [1.29, 1.82) is 0 Å². The van der Waals surface area contributed by atoms with Gasteiger partial charge in [0.15, 0.2) is 0 Å². The molecule has 17 heavy (non-hydrogen) atoms. The van der Waals surface area contributed by atoms with Gasteiger partial charge >= 0.3 is 0 Å². The summed E-state index contributed by atoms with van der Waals surface area (Å²) in [6, 6.07) is 0. The molecule has 0 bridgehead atoms. The Labute approximate surface area is 107 Å². The lowest BCUT2D eigenvalue weighted by Crippen LogP contribution is -2.11. The fourth-order valence-electron chi connectivity index (χ4n) is 2.12. The lowest BCUT2D eigenvalue weighted by Gasteiger charge is -2.14. The van der Waals surface area contributed by atoms with Gasteiger partial charge in [0.1, 0.15) is 6.10 Å². The Bertz CT molecular complexity index is 157. The van der Waals surface area contributed by atoms with Gasteiger partial charge in [0.2, 0.25) is 0 Å². The molecule has 0 aromatic rings. The first-order valence-corrected chi connectivity index (χ1v) is 7.44. The molecule has 2 heteroatoms. The van der Waals surface area contributed by atoms with Crippen LogP contribution in [0.3, 0.4) is 0 Å². The molecule has 1 atom stereocenters. The van der Waals surface area contributed by atoms with E-state index in [1.165, 1.54) is 51.4 Å². The highest BCUT2D eigenvalue weighted by molar-refractivity contribution is 5.37. The summed E-state index contributed by atoms with van der Waals surface area (Å²) in [4.78, 5) is 10.4. The normalized spacial score (nSPS) is 12.4. The summed E-state index contributed by atoms with van der Waals surface area (Å²) < 4.78 is 5.11. The molecule has 0 aliphatic rings. The number of ether oxygens (including phenoxy) is 1. The van der Waals surface area contributed by atoms with Crippen LogP contribution in [0.4, 0.5) is 0 Å². The van der Waals surface area contributed by atoms with Crippen LogP contribution < -0.4 is 0 Å². The molecule has 0 radical (unpaired) electrons. The lowest BCUT2D eigenvalue weighted by molar-refractivity contribution is -0.134. The summed E-state index contributed by atoms with van der Waals surface area (Å²) in [6.07, 6.45) is 13.8. The van der Waals surface area contributed by atoms with Crippen molar-refractivity contribution in [1.82, 2.24) is 0 Å². The minimum Gasteiger partial charge on any atom is -0.465 e. The summed E-state index contributed by atoms with van der Waals surface area (Å²) in [5, 5.41) is 0. The molecule has 102 valence electrons. The topological polar surface area (TPSA) is 26.3 Å². The van der Waals surface area contributed by atoms with Gasteiger partial charge < -0.3 is 4.74 Å². The maximum Gasteiger partial charge on any atom is 0.293 e. The van der Waals surface area contributed by atoms with E-state index in [2.05, 4.69) is 13.8 Å². The van der Waals surface area contributed by atoms with Crippen LogP contribution in [0.2, 0.25) is 0 Å². The Hall–Kier alpha value is -0.530. The minimum absolute atomic E-state index is 0.170. The molecular formula is C15H30O2. The van der Waals surface area contributed by atoms with Crippen LogP contribution in [0, 0.1) is 0 Å². The number of hydrogen-bond acceptors (Lipinski definition) is 2. The maximum atomic E-state index is 10.4. The molecule has 0 heterocycles. The quantitative estimate of drug-likeness (QED) is 0.340. The average Bonchev–Trinajstić information content (AvgIpc) is 2.34. The molecule has 0 aromatic heterocycles. The molecule has 2 nitrogen and oxygen atoms in total. The number of carbonyl (C=O) groups excluding carboxylic acids is 1. The molecule has 0 fully saturated rings. The van der Waals surface area contributed by atoms with Crippen LogP contribution in [-0.2, 0) is 9.53 Å². The average molecular weight is 242 g/mol. The second kappa shape index (κ2) is 13.5. The van der Waals surface area contributed by atoms with E-state index >= 15 is 0 Å². The van der Waals surface area contributed by atoms with Crippen LogP contribution in [0.15, 0.2) is 0 Å². The smallest absolute Gasteiger partial charge is 0.293 e. The predicted octanol–water partition coefficient (Wildman–Crippen LogP) is 4.86. The first-order valence-electron chi connectivity index (χ1n) is 7.44. The third-order valence-electron chi connectivity index (χ3n) is 3.26. The van der Waals surface area contributed by atoms with Gasteiger partial charge in [-0.2, -0.15) is 0 Å². The Balaban J connectivity index is 3.36. The molecule has 0 saturated heterocycles. The highest BCUT2D eigenvalue weighted by Crippen LogP contribution is 2.14. The van der Waals surface area contributed by atoms with E-state index in [1.807, 2.05) is 0 Å². The lowest BCUT2D eigenvalue weighted by atomic mass is 10.0. The van der Waals surface area contributed by atoms with Gasteiger partial charge in [-0.25, -0.2) is 0 Å². The minimum atomic E-state index is 0.170. The molecule has 0 aromatic carbocycles. The summed E-state index contributed by atoms with van der Waals surface area (Å²) >= 11 is 0. The molecule has 0 amide bonds. The summed E-state index contributed by atoms with van der Waals surface area (Å²) in [6.45, 7) is 5.03. The molecule has 0 aliphatic carbocycles. The third-order valence-corrected chi connectivity index (χ3v) is 3.26. The fraction of sp³-hybridized carbons (Fsp3) is 0.933. The second-order valence-corrected chi connectivity index (χ2v) is 4.91. The van der Waals surface area contributed by atoms with Gasteiger partial charge in [0.25, 0.3) is 6.47 Å². The summed E-state index contributed by atoms with van der Waals surface area (Å²) in [5.74, 6) is 0. The van der Waals surface area contributed by atoms with Crippen molar-refractivity contribution < 1.29 is 9.53 Å². The van der Waals surface area contributed by atoms with E-state index in [0.717, 1.165) is 19.3 Å². The third kappa shape index (κ3) is 11.7. The first-order chi connectivity index (χ1) is 8.35. The summed E-state index contributed by atoms with van der Waals surface area (Å²) in [5.41, 5.74) is 0. The molecule has 1 unspecified atom stereocenters. The maximum absolute atomic E-state index is 10.4. The van der Waals surface area contributed by atoms with Gasteiger partial charge in [0.05, 0.1) is 0 Å². The monoisotopic (exact) mass is 242 g/mol. The highest BCUT2D eigenvalue weighted by atomic mass is 16.5. The molecule has 0 saturated carbocycles. The van der Waals surface area contributed by atoms with Crippen LogP contribution in [0.5, 0.6) is 0 Å². The van der Waals surface area contributed by atoms with Crippen molar-refractivity contribution in [3.63, 3.8) is 0 Å². The van der Waals surface area contributed by atoms with Crippen molar-refractivity contribution in [2.45, 2.75) is 90.6 Å². The van der Waals surface area contributed by atoms with Crippen LogP contribution in [0.1, 0.15) is 84.5 Å². The zero-order chi connectivity index (χ0) is 12.8. The molecule has 0 rings (SSSR count). The zero-order valence-corrected chi connectivity index (χ0v) is 11.7. The van der Waals surface area contributed by atoms with Gasteiger partial charge in [-0.1, -0.05) is 65.2 Å². The summed E-state index contributed by atoms with van der Waals surface area (Å²) in [7, 11) is 0. The van der Waals surface area contributed by atoms with Crippen molar-refractivity contribution in [2.75, 3.05) is 0 Å². The van der Waals surface area contributed by atoms with Gasteiger partial charge in [-0.3, -0.25) is 4.79 Å². The van der Waals surface area contributed by atoms with Crippen LogP contribution in [0.25, 0.3) is 0 Å². The van der Waals surface area contributed by atoms with Crippen LogP contribution >= 0.6 is 0 Å². The van der Waals surface area contributed by atoms with Crippen LogP contribution in [-0.4, -0.2) is 12.6 Å². The van der Waals surface area contributed by atoms with Crippen molar-refractivity contribution in [2.24, 2.45) is 0 Å². The number of unbranched alkanes of at least 4 members (excludes halogenated alkanes) is 7. The second-order valence-electron chi connectivity index (χ2n) is 4.91. The van der Waals surface area contributed by atoms with Crippen molar-refractivity contribution in [3.8, 4) is 0 Å². The molecular weight excluding hydrogens is 212 g/mol. The highest BCUT2D eigenvalue weighted by Gasteiger charge is 2.07. The van der Waals surface area contributed by atoms with Gasteiger partial charge in [-0.05, 0) is 19.3 Å².